The van der Waals surface area contributed by atoms with Crippen molar-refractivity contribution >= 4 is 12.1 Å². The molecule has 0 bridgehead atoms. The van der Waals surface area contributed by atoms with Crippen LogP contribution in [0.5, 0.6) is 0 Å². The lowest BCUT2D eigenvalue weighted by atomic mass is 10.0. The van der Waals surface area contributed by atoms with Gasteiger partial charge in [0.2, 0.25) is 0 Å². The average Bonchev–Trinajstić information content (AvgIpc) is 3.18. The predicted molar refractivity (Wildman–Crippen MR) is 113 cm³/mol. The standard InChI is InChI=1S/C23H43NO4/c1-3-5-6-7-8-9-10-11-12-13-14-15-16-20-28-22(25)21-18-17-19-24(21)23(26)27-4-2/h21H,3-20H2,1-2H3/t21-/m0/s1. The summed E-state index contributed by atoms with van der Waals surface area (Å²) in [6, 6.07) is -0.457. The van der Waals surface area contributed by atoms with Gasteiger partial charge in [-0.1, -0.05) is 84.0 Å². The number of amides is 1. The van der Waals surface area contributed by atoms with Gasteiger partial charge in [0.05, 0.1) is 13.2 Å². The van der Waals surface area contributed by atoms with Gasteiger partial charge in [-0.3, -0.25) is 4.90 Å². The number of rotatable bonds is 16. The highest BCUT2D eigenvalue weighted by molar-refractivity contribution is 5.82. The van der Waals surface area contributed by atoms with Crippen molar-refractivity contribution in [3.63, 3.8) is 0 Å². The van der Waals surface area contributed by atoms with Crippen LogP contribution in [0.4, 0.5) is 4.79 Å². The summed E-state index contributed by atoms with van der Waals surface area (Å²) in [6.07, 6.45) is 18.0. The zero-order valence-corrected chi connectivity index (χ0v) is 18.4. The summed E-state index contributed by atoms with van der Waals surface area (Å²) in [4.78, 5) is 25.6. The molecule has 0 radical (unpaired) electrons. The molecule has 1 amide bonds. The molecular formula is C23H43NO4. The second-order valence-electron chi connectivity index (χ2n) is 7.96. The molecule has 0 aromatic carbocycles. The first kappa shape index (κ1) is 24.8. The molecule has 5 heteroatoms. The van der Waals surface area contributed by atoms with Crippen LogP contribution in [0.3, 0.4) is 0 Å². The maximum atomic E-state index is 12.2. The van der Waals surface area contributed by atoms with E-state index in [1.165, 1.54) is 75.5 Å². The van der Waals surface area contributed by atoms with Gasteiger partial charge < -0.3 is 9.47 Å². The number of ether oxygens (including phenoxy) is 2. The van der Waals surface area contributed by atoms with Crippen molar-refractivity contribution in [3.8, 4) is 0 Å². The molecule has 0 N–H and O–H groups in total. The molecule has 28 heavy (non-hydrogen) atoms. The van der Waals surface area contributed by atoms with Crippen LogP contribution in [-0.4, -0.2) is 42.8 Å². The Hall–Kier alpha value is -1.26. The number of unbranched alkanes of at least 4 members (excludes halogenated alkanes) is 12. The molecule has 1 aliphatic heterocycles. The summed E-state index contributed by atoms with van der Waals surface area (Å²) >= 11 is 0. The summed E-state index contributed by atoms with van der Waals surface area (Å²) in [5.74, 6) is -0.274. The van der Waals surface area contributed by atoms with Crippen molar-refractivity contribution in [2.45, 2.75) is 116 Å². The van der Waals surface area contributed by atoms with Crippen LogP contribution in [0.15, 0.2) is 0 Å². The molecule has 1 saturated heterocycles. The quantitative estimate of drug-likeness (QED) is 0.228. The fourth-order valence-corrected chi connectivity index (χ4v) is 3.83. The predicted octanol–water partition coefficient (Wildman–Crippen LogP) is 6.24. The Morgan fingerprint density at radius 2 is 1.32 bits per heavy atom. The van der Waals surface area contributed by atoms with E-state index in [4.69, 9.17) is 9.47 Å². The van der Waals surface area contributed by atoms with E-state index in [0.717, 1.165) is 19.3 Å². The minimum absolute atomic E-state index is 0.274. The number of esters is 1. The summed E-state index contributed by atoms with van der Waals surface area (Å²) in [5, 5.41) is 0. The van der Waals surface area contributed by atoms with Crippen LogP contribution in [0.1, 0.15) is 110 Å². The Kier molecular flexibility index (Phi) is 14.8. The molecule has 1 fully saturated rings. The lowest BCUT2D eigenvalue weighted by molar-refractivity contribution is -0.148. The molecule has 0 spiro atoms. The van der Waals surface area contributed by atoms with E-state index < -0.39 is 12.1 Å². The van der Waals surface area contributed by atoms with Gasteiger partial charge >= 0.3 is 12.1 Å². The first-order valence-corrected chi connectivity index (χ1v) is 11.8. The summed E-state index contributed by atoms with van der Waals surface area (Å²) < 4.78 is 10.4. The molecule has 1 aliphatic rings. The van der Waals surface area contributed by atoms with Crippen LogP contribution >= 0.6 is 0 Å². The van der Waals surface area contributed by atoms with E-state index in [-0.39, 0.29) is 5.97 Å². The molecule has 0 aliphatic carbocycles. The highest BCUT2D eigenvalue weighted by Gasteiger charge is 2.36. The van der Waals surface area contributed by atoms with Gasteiger partial charge in [-0.15, -0.1) is 0 Å². The number of hydrogen-bond donors (Lipinski definition) is 0. The monoisotopic (exact) mass is 397 g/mol. The zero-order chi connectivity index (χ0) is 20.5. The Labute approximate surface area is 172 Å². The molecular weight excluding hydrogens is 354 g/mol. The molecule has 1 rings (SSSR count). The van der Waals surface area contributed by atoms with Gasteiger partial charge in [0.15, 0.2) is 0 Å². The van der Waals surface area contributed by atoms with E-state index in [1.807, 2.05) is 0 Å². The van der Waals surface area contributed by atoms with Crippen LogP contribution in [0.25, 0.3) is 0 Å². The second-order valence-corrected chi connectivity index (χ2v) is 7.96. The first-order chi connectivity index (χ1) is 13.7. The molecule has 164 valence electrons. The Morgan fingerprint density at radius 1 is 0.786 bits per heavy atom. The smallest absolute Gasteiger partial charge is 0.410 e. The molecule has 0 saturated carbocycles. The molecule has 5 nitrogen and oxygen atoms in total. The Bertz CT molecular complexity index is 413. The fourth-order valence-electron chi connectivity index (χ4n) is 3.83. The summed E-state index contributed by atoms with van der Waals surface area (Å²) in [7, 11) is 0. The molecule has 0 aromatic rings. The Morgan fingerprint density at radius 3 is 1.86 bits per heavy atom. The summed E-state index contributed by atoms with van der Waals surface area (Å²) in [6.45, 7) is 5.41. The fraction of sp³-hybridized carbons (Fsp3) is 0.913. The Balaban J connectivity index is 1.93. The van der Waals surface area contributed by atoms with Crippen LogP contribution in [0, 0.1) is 0 Å². The number of nitrogens with zero attached hydrogens (tertiary/aromatic N) is 1. The summed E-state index contributed by atoms with van der Waals surface area (Å²) in [5.41, 5.74) is 0. The highest BCUT2D eigenvalue weighted by Crippen LogP contribution is 2.20. The third-order valence-electron chi connectivity index (χ3n) is 5.52. The molecule has 1 atom stereocenters. The minimum atomic E-state index is -0.457. The molecule has 1 heterocycles. The number of carbonyl (C=O) groups is 2. The third-order valence-corrected chi connectivity index (χ3v) is 5.52. The molecule has 0 unspecified atom stereocenters. The highest BCUT2D eigenvalue weighted by atomic mass is 16.6. The maximum Gasteiger partial charge on any atom is 0.410 e. The van der Waals surface area contributed by atoms with Gasteiger partial charge in [0.1, 0.15) is 6.04 Å². The lowest BCUT2D eigenvalue weighted by Gasteiger charge is -2.22. The van der Waals surface area contributed by atoms with Gasteiger partial charge in [0.25, 0.3) is 0 Å². The van der Waals surface area contributed by atoms with Crippen molar-refractivity contribution in [2.75, 3.05) is 19.8 Å². The topological polar surface area (TPSA) is 55.8 Å². The van der Waals surface area contributed by atoms with Gasteiger partial charge in [-0.25, -0.2) is 9.59 Å². The van der Waals surface area contributed by atoms with E-state index in [0.29, 0.717) is 26.2 Å². The van der Waals surface area contributed by atoms with Crippen molar-refractivity contribution in [2.24, 2.45) is 0 Å². The van der Waals surface area contributed by atoms with E-state index in [9.17, 15) is 9.59 Å². The largest absolute Gasteiger partial charge is 0.464 e. The lowest BCUT2D eigenvalue weighted by Crippen LogP contribution is -2.41. The SMILES string of the molecule is CCCCCCCCCCCCCCCOC(=O)[C@@H]1CCCN1C(=O)OCC. The van der Waals surface area contributed by atoms with Crippen molar-refractivity contribution in [3.05, 3.63) is 0 Å². The van der Waals surface area contributed by atoms with Crippen LogP contribution in [0.2, 0.25) is 0 Å². The maximum absolute atomic E-state index is 12.2. The van der Waals surface area contributed by atoms with Crippen molar-refractivity contribution < 1.29 is 19.1 Å². The van der Waals surface area contributed by atoms with E-state index in [1.54, 1.807) is 6.92 Å². The van der Waals surface area contributed by atoms with Crippen LogP contribution < -0.4 is 0 Å². The zero-order valence-electron chi connectivity index (χ0n) is 18.4. The first-order valence-electron chi connectivity index (χ1n) is 11.8. The molecule has 0 aromatic heterocycles. The average molecular weight is 398 g/mol. The number of likely N-dealkylation sites (tertiary alicyclic amines) is 1. The van der Waals surface area contributed by atoms with Gasteiger partial charge in [-0.05, 0) is 26.2 Å². The normalized spacial score (nSPS) is 16.4. The van der Waals surface area contributed by atoms with Gasteiger partial charge in [-0.2, -0.15) is 0 Å². The minimum Gasteiger partial charge on any atom is -0.464 e. The number of hydrogen-bond acceptors (Lipinski definition) is 4. The second kappa shape index (κ2) is 16.7. The van der Waals surface area contributed by atoms with E-state index in [2.05, 4.69) is 6.92 Å². The van der Waals surface area contributed by atoms with Crippen molar-refractivity contribution in [1.29, 1.82) is 0 Å². The van der Waals surface area contributed by atoms with Gasteiger partial charge in [0, 0.05) is 6.54 Å². The number of carbonyl (C=O) groups excluding carboxylic acids is 2. The van der Waals surface area contributed by atoms with E-state index >= 15 is 0 Å². The van der Waals surface area contributed by atoms with Crippen molar-refractivity contribution in [1.82, 2.24) is 4.90 Å². The third kappa shape index (κ3) is 10.9. The van der Waals surface area contributed by atoms with Crippen LogP contribution in [-0.2, 0) is 14.3 Å².